The van der Waals surface area contributed by atoms with Crippen molar-refractivity contribution in [2.75, 3.05) is 19.6 Å². The van der Waals surface area contributed by atoms with Crippen LogP contribution in [0.25, 0.3) is 0 Å². The number of rotatable bonds is 4. The zero-order chi connectivity index (χ0) is 18.6. The highest BCUT2D eigenvalue weighted by atomic mass is 127. The number of sulfonamides is 1. The lowest BCUT2D eigenvalue weighted by Crippen LogP contribution is -2.41. The van der Waals surface area contributed by atoms with Crippen molar-refractivity contribution in [2.24, 2.45) is 15.5 Å². The molecular formula is C19H31IN4O2S. The maximum atomic E-state index is 11.4. The van der Waals surface area contributed by atoms with Crippen molar-refractivity contribution >= 4 is 40.0 Å². The number of nitrogens with one attached hydrogen (secondary N) is 1. The molecule has 1 saturated carbocycles. The summed E-state index contributed by atoms with van der Waals surface area (Å²) in [6, 6.07) is 6.64. The molecule has 27 heavy (non-hydrogen) atoms. The Morgan fingerprint density at radius 1 is 1.19 bits per heavy atom. The Morgan fingerprint density at radius 3 is 2.44 bits per heavy atom. The van der Waals surface area contributed by atoms with Crippen molar-refractivity contribution in [1.29, 1.82) is 0 Å². The molecule has 0 atom stereocenters. The summed E-state index contributed by atoms with van der Waals surface area (Å²) >= 11 is 0. The molecule has 0 aromatic heterocycles. The molecule has 1 heterocycles. The molecule has 3 rings (SSSR count). The summed E-state index contributed by atoms with van der Waals surface area (Å²) < 4.78 is 22.7. The second kappa shape index (κ2) is 9.56. The molecule has 0 unspecified atom stereocenters. The van der Waals surface area contributed by atoms with Crippen LogP contribution in [0.4, 0.5) is 0 Å². The molecule has 152 valence electrons. The fourth-order valence-electron chi connectivity index (χ4n) is 4.20. The predicted molar refractivity (Wildman–Crippen MR) is 120 cm³/mol. The van der Waals surface area contributed by atoms with Crippen LogP contribution in [-0.2, 0) is 16.6 Å². The van der Waals surface area contributed by atoms with Crippen LogP contribution in [-0.4, -0.2) is 38.9 Å². The number of aliphatic imine (C=N–C) groups is 1. The van der Waals surface area contributed by atoms with Gasteiger partial charge in [-0.1, -0.05) is 31.4 Å². The Labute approximate surface area is 180 Å². The average Bonchev–Trinajstić information content (AvgIpc) is 3.02. The molecule has 1 aliphatic carbocycles. The quantitative estimate of drug-likeness (QED) is 0.373. The van der Waals surface area contributed by atoms with Crippen LogP contribution in [0, 0.1) is 5.41 Å². The molecule has 1 aromatic rings. The highest BCUT2D eigenvalue weighted by Gasteiger charge is 2.39. The van der Waals surface area contributed by atoms with E-state index in [-0.39, 0.29) is 28.9 Å². The summed E-state index contributed by atoms with van der Waals surface area (Å²) in [5, 5.41) is 8.56. The van der Waals surface area contributed by atoms with Gasteiger partial charge in [-0.05, 0) is 49.3 Å². The second-order valence-electron chi connectivity index (χ2n) is 7.59. The number of hydrogen-bond acceptors (Lipinski definition) is 3. The fourth-order valence-corrected chi connectivity index (χ4v) is 4.72. The van der Waals surface area contributed by atoms with Crippen LogP contribution in [0.2, 0.25) is 0 Å². The lowest BCUT2D eigenvalue weighted by atomic mass is 9.73. The van der Waals surface area contributed by atoms with Gasteiger partial charge in [-0.3, -0.25) is 0 Å². The van der Waals surface area contributed by atoms with Crippen LogP contribution < -0.4 is 10.5 Å². The number of benzene rings is 1. The van der Waals surface area contributed by atoms with Crippen LogP contribution in [0.5, 0.6) is 0 Å². The molecule has 2 fully saturated rings. The minimum atomic E-state index is -3.64. The molecule has 6 nitrogen and oxygen atoms in total. The van der Waals surface area contributed by atoms with E-state index in [1.54, 1.807) is 24.3 Å². The van der Waals surface area contributed by atoms with E-state index in [4.69, 9.17) is 10.1 Å². The third-order valence-electron chi connectivity index (χ3n) is 5.65. The standard InChI is InChI=1S/C19H30N4O2S.HI/c1-2-21-18(23-13-12-19(15-23)10-4-3-5-11-19)22-14-16-6-8-17(9-7-16)26(20,24)25;/h6-9H,2-5,10-15H2,1H3,(H,21,22)(H2,20,24,25);1H. The molecule has 1 aromatic carbocycles. The second-order valence-corrected chi connectivity index (χ2v) is 9.15. The van der Waals surface area contributed by atoms with E-state index in [9.17, 15) is 8.42 Å². The van der Waals surface area contributed by atoms with Gasteiger partial charge in [0.25, 0.3) is 0 Å². The summed E-state index contributed by atoms with van der Waals surface area (Å²) in [5.74, 6) is 0.963. The molecule has 8 heteroatoms. The fraction of sp³-hybridized carbons (Fsp3) is 0.632. The summed E-state index contributed by atoms with van der Waals surface area (Å²) in [7, 11) is -3.64. The third-order valence-corrected chi connectivity index (χ3v) is 6.58. The smallest absolute Gasteiger partial charge is 0.238 e. The maximum absolute atomic E-state index is 11.4. The third kappa shape index (κ3) is 5.80. The maximum Gasteiger partial charge on any atom is 0.238 e. The van der Waals surface area contributed by atoms with E-state index in [2.05, 4.69) is 17.1 Å². The SMILES string of the molecule is CCNC(=NCc1ccc(S(N)(=O)=O)cc1)N1CCC2(CCCCC2)C1.I. The molecular weight excluding hydrogens is 475 g/mol. The molecule has 1 saturated heterocycles. The van der Waals surface area contributed by atoms with Crippen LogP contribution in [0.15, 0.2) is 34.2 Å². The number of hydrogen-bond donors (Lipinski definition) is 2. The van der Waals surface area contributed by atoms with E-state index in [1.807, 2.05) is 0 Å². The molecule has 3 N–H and O–H groups in total. The van der Waals surface area contributed by atoms with Gasteiger partial charge < -0.3 is 10.2 Å². The number of guanidine groups is 1. The summed E-state index contributed by atoms with van der Waals surface area (Å²) in [4.78, 5) is 7.32. The van der Waals surface area contributed by atoms with Crippen molar-refractivity contribution in [2.45, 2.75) is 56.9 Å². The van der Waals surface area contributed by atoms with Gasteiger partial charge in [0.05, 0.1) is 11.4 Å². The number of nitrogens with two attached hydrogens (primary N) is 1. The van der Waals surface area contributed by atoms with Gasteiger partial charge in [0.1, 0.15) is 0 Å². The lowest BCUT2D eigenvalue weighted by molar-refractivity contribution is 0.203. The van der Waals surface area contributed by atoms with E-state index in [0.29, 0.717) is 12.0 Å². The number of nitrogens with zero attached hydrogens (tertiary/aromatic N) is 2. The average molecular weight is 506 g/mol. The Kier molecular flexibility index (Phi) is 7.94. The summed E-state index contributed by atoms with van der Waals surface area (Å²) in [6.07, 6.45) is 8.05. The van der Waals surface area contributed by atoms with E-state index in [0.717, 1.165) is 31.2 Å². The molecule has 2 aliphatic rings. The molecule has 0 amide bonds. The van der Waals surface area contributed by atoms with Crippen molar-refractivity contribution in [3.63, 3.8) is 0 Å². The number of likely N-dealkylation sites (tertiary alicyclic amines) is 1. The normalized spacial score (nSPS) is 19.8. The first kappa shape index (κ1) is 22.4. The van der Waals surface area contributed by atoms with Crippen LogP contribution in [0.3, 0.4) is 0 Å². The van der Waals surface area contributed by atoms with Gasteiger partial charge in [-0.15, -0.1) is 24.0 Å². The minimum absolute atomic E-state index is 0. The highest BCUT2D eigenvalue weighted by Crippen LogP contribution is 2.43. The van der Waals surface area contributed by atoms with Gasteiger partial charge in [-0.25, -0.2) is 18.5 Å². The number of halogens is 1. The minimum Gasteiger partial charge on any atom is -0.357 e. The Balaban J connectivity index is 0.00000261. The zero-order valence-electron chi connectivity index (χ0n) is 16.0. The predicted octanol–water partition coefficient (Wildman–Crippen LogP) is 3.07. The summed E-state index contributed by atoms with van der Waals surface area (Å²) in [5.41, 5.74) is 1.46. The van der Waals surface area contributed by atoms with Gasteiger partial charge >= 0.3 is 0 Å². The highest BCUT2D eigenvalue weighted by molar-refractivity contribution is 14.0. The summed E-state index contributed by atoms with van der Waals surface area (Å²) in [6.45, 7) is 5.62. The van der Waals surface area contributed by atoms with Crippen molar-refractivity contribution in [3.8, 4) is 0 Å². The zero-order valence-corrected chi connectivity index (χ0v) is 19.1. The first-order valence-electron chi connectivity index (χ1n) is 9.57. The van der Waals surface area contributed by atoms with Gasteiger partial charge in [0, 0.05) is 19.6 Å². The molecule has 0 radical (unpaired) electrons. The molecule has 0 bridgehead atoms. The van der Waals surface area contributed by atoms with Crippen LogP contribution >= 0.6 is 24.0 Å². The lowest BCUT2D eigenvalue weighted by Gasteiger charge is -2.33. The van der Waals surface area contributed by atoms with E-state index < -0.39 is 10.0 Å². The van der Waals surface area contributed by atoms with Crippen molar-refractivity contribution < 1.29 is 8.42 Å². The van der Waals surface area contributed by atoms with Crippen molar-refractivity contribution in [1.82, 2.24) is 10.2 Å². The van der Waals surface area contributed by atoms with E-state index >= 15 is 0 Å². The number of primary sulfonamides is 1. The Hall–Kier alpha value is -0.870. The molecule has 1 aliphatic heterocycles. The Morgan fingerprint density at radius 2 is 1.85 bits per heavy atom. The van der Waals surface area contributed by atoms with Crippen LogP contribution in [0.1, 0.15) is 51.0 Å². The van der Waals surface area contributed by atoms with Gasteiger partial charge in [0.2, 0.25) is 10.0 Å². The monoisotopic (exact) mass is 506 g/mol. The first-order valence-corrected chi connectivity index (χ1v) is 11.1. The first-order chi connectivity index (χ1) is 12.4. The Bertz CT molecular complexity index is 743. The van der Waals surface area contributed by atoms with Gasteiger partial charge in [-0.2, -0.15) is 0 Å². The largest absolute Gasteiger partial charge is 0.357 e. The van der Waals surface area contributed by atoms with Gasteiger partial charge in [0.15, 0.2) is 5.96 Å². The topological polar surface area (TPSA) is 87.8 Å². The van der Waals surface area contributed by atoms with Crippen molar-refractivity contribution in [3.05, 3.63) is 29.8 Å². The van der Waals surface area contributed by atoms with E-state index in [1.165, 1.54) is 38.5 Å². The molecule has 1 spiro atoms.